The highest BCUT2D eigenvalue weighted by Crippen LogP contribution is 2.39. The van der Waals surface area contributed by atoms with E-state index in [1.54, 1.807) is 47.1 Å². The zero-order valence-corrected chi connectivity index (χ0v) is 19.2. The standard InChI is InChI=1S/C26H24N4O3S/c31-26(25-17-24(19-15-16-19)28-30(25)21-10-3-1-4-11-21)27-18-20-9-7-8-14-23(20)29-34(32,33)22-12-5-2-6-13-22/h1-14,17,19,29H,15-16,18H2,(H,27,31). The van der Waals surface area contributed by atoms with Crippen LogP contribution in [-0.2, 0) is 16.6 Å². The normalized spacial score (nSPS) is 13.4. The minimum absolute atomic E-state index is 0.158. The second-order valence-electron chi connectivity index (χ2n) is 8.23. The Morgan fingerprint density at radius 3 is 2.26 bits per heavy atom. The third-order valence-corrected chi connectivity index (χ3v) is 7.09. The molecule has 1 aliphatic rings. The lowest BCUT2D eigenvalue weighted by molar-refractivity contribution is 0.0943. The molecule has 3 aromatic carbocycles. The Labute approximate surface area is 198 Å². The van der Waals surface area contributed by atoms with Gasteiger partial charge in [-0.3, -0.25) is 9.52 Å². The van der Waals surface area contributed by atoms with Crippen LogP contribution in [0.4, 0.5) is 5.69 Å². The maximum absolute atomic E-state index is 13.2. The van der Waals surface area contributed by atoms with E-state index in [0.717, 1.165) is 24.2 Å². The summed E-state index contributed by atoms with van der Waals surface area (Å²) >= 11 is 0. The molecule has 0 radical (unpaired) electrons. The molecular weight excluding hydrogens is 448 g/mol. The zero-order chi connectivity index (χ0) is 23.5. The fraction of sp³-hybridized carbons (Fsp3) is 0.154. The summed E-state index contributed by atoms with van der Waals surface area (Å²) in [5, 5.41) is 7.61. The Hall–Kier alpha value is -3.91. The minimum atomic E-state index is -3.75. The lowest BCUT2D eigenvalue weighted by Gasteiger charge is -2.14. The molecule has 1 amide bonds. The Morgan fingerprint density at radius 2 is 1.56 bits per heavy atom. The number of aromatic nitrogens is 2. The molecule has 1 fully saturated rings. The number of hydrogen-bond donors (Lipinski definition) is 2. The summed E-state index contributed by atoms with van der Waals surface area (Å²) in [6.45, 7) is 0.158. The molecule has 1 aromatic heterocycles. The highest BCUT2D eigenvalue weighted by Gasteiger charge is 2.29. The Kier molecular flexibility index (Phi) is 5.90. The summed E-state index contributed by atoms with van der Waals surface area (Å²) in [4.78, 5) is 13.4. The highest BCUT2D eigenvalue weighted by molar-refractivity contribution is 7.92. The molecule has 7 nitrogen and oxygen atoms in total. The van der Waals surface area contributed by atoms with Crippen molar-refractivity contribution in [1.29, 1.82) is 0 Å². The van der Waals surface area contributed by atoms with Crippen LogP contribution in [0.5, 0.6) is 0 Å². The van der Waals surface area contributed by atoms with Crippen LogP contribution in [0.3, 0.4) is 0 Å². The van der Waals surface area contributed by atoms with Crippen LogP contribution in [0.25, 0.3) is 5.69 Å². The van der Waals surface area contributed by atoms with Gasteiger partial charge >= 0.3 is 0 Å². The molecule has 172 valence electrons. The van der Waals surface area contributed by atoms with Crippen molar-refractivity contribution < 1.29 is 13.2 Å². The van der Waals surface area contributed by atoms with Gasteiger partial charge in [0.15, 0.2) is 0 Å². The number of hydrogen-bond acceptors (Lipinski definition) is 4. The Morgan fingerprint density at radius 1 is 0.912 bits per heavy atom. The average Bonchev–Trinajstić information content (AvgIpc) is 3.62. The SMILES string of the molecule is O=C(NCc1ccccc1NS(=O)(=O)c1ccccc1)c1cc(C2CC2)nn1-c1ccccc1. The van der Waals surface area contributed by atoms with Crippen molar-refractivity contribution in [3.05, 3.63) is 108 Å². The molecule has 4 aromatic rings. The lowest BCUT2D eigenvalue weighted by atomic mass is 10.2. The van der Waals surface area contributed by atoms with Gasteiger partial charge in [0.25, 0.3) is 15.9 Å². The summed E-state index contributed by atoms with van der Waals surface area (Å²) < 4.78 is 29.9. The largest absolute Gasteiger partial charge is 0.347 e. The van der Waals surface area contributed by atoms with E-state index in [2.05, 4.69) is 15.1 Å². The van der Waals surface area contributed by atoms with E-state index in [1.807, 2.05) is 36.4 Å². The second kappa shape index (κ2) is 9.15. The summed E-state index contributed by atoms with van der Waals surface area (Å²) in [5.41, 5.74) is 3.27. The summed E-state index contributed by atoms with van der Waals surface area (Å²) in [5.74, 6) is 0.133. The van der Waals surface area contributed by atoms with E-state index in [4.69, 9.17) is 0 Å². The van der Waals surface area contributed by atoms with E-state index in [1.165, 1.54) is 12.1 Å². The van der Waals surface area contributed by atoms with Crippen molar-refractivity contribution in [2.45, 2.75) is 30.2 Å². The number of sulfonamides is 1. The topological polar surface area (TPSA) is 93.1 Å². The van der Waals surface area contributed by atoms with Crippen LogP contribution in [0.15, 0.2) is 95.9 Å². The number of para-hydroxylation sites is 2. The zero-order valence-electron chi connectivity index (χ0n) is 18.4. The number of nitrogens with zero attached hydrogens (tertiary/aromatic N) is 2. The second-order valence-corrected chi connectivity index (χ2v) is 9.92. The summed E-state index contributed by atoms with van der Waals surface area (Å²) in [6, 6.07) is 26.6. The molecule has 8 heteroatoms. The van der Waals surface area contributed by atoms with E-state index in [0.29, 0.717) is 22.9 Å². The van der Waals surface area contributed by atoms with Gasteiger partial charge in [0, 0.05) is 12.5 Å². The fourth-order valence-corrected chi connectivity index (χ4v) is 4.87. The molecule has 1 saturated carbocycles. The fourth-order valence-electron chi connectivity index (χ4n) is 3.75. The van der Waals surface area contributed by atoms with E-state index >= 15 is 0 Å². The third kappa shape index (κ3) is 4.72. The first-order valence-corrected chi connectivity index (χ1v) is 12.6. The molecule has 0 spiro atoms. The van der Waals surface area contributed by atoms with Crippen molar-refractivity contribution >= 4 is 21.6 Å². The smallest absolute Gasteiger partial charge is 0.270 e. The van der Waals surface area contributed by atoms with Gasteiger partial charge in [-0.2, -0.15) is 5.10 Å². The van der Waals surface area contributed by atoms with Crippen molar-refractivity contribution in [2.24, 2.45) is 0 Å². The maximum Gasteiger partial charge on any atom is 0.270 e. The van der Waals surface area contributed by atoms with Gasteiger partial charge in [-0.05, 0) is 54.8 Å². The van der Waals surface area contributed by atoms with E-state index in [9.17, 15) is 13.2 Å². The molecule has 0 aliphatic heterocycles. The summed E-state index contributed by atoms with van der Waals surface area (Å²) in [6.07, 6.45) is 2.17. The number of carbonyl (C=O) groups is 1. The van der Waals surface area contributed by atoms with Gasteiger partial charge < -0.3 is 5.32 Å². The van der Waals surface area contributed by atoms with Gasteiger partial charge in [0.1, 0.15) is 5.69 Å². The number of anilines is 1. The first kappa shape index (κ1) is 21.9. The van der Waals surface area contributed by atoms with Crippen LogP contribution in [-0.4, -0.2) is 24.1 Å². The summed E-state index contributed by atoms with van der Waals surface area (Å²) in [7, 11) is -3.75. The molecule has 0 saturated heterocycles. The third-order valence-electron chi connectivity index (χ3n) is 5.71. The number of nitrogens with one attached hydrogen (secondary N) is 2. The van der Waals surface area contributed by atoms with Gasteiger partial charge in [0.2, 0.25) is 0 Å². The van der Waals surface area contributed by atoms with Crippen molar-refractivity contribution in [1.82, 2.24) is 15.1 Å². The minimum Gasteiger partial charge on any atom is -0.347 e. The van der Waals surface area contributed by atoms with Crippen molar-refractivity contribution in [2.75, 3.05) is 4.72 Å². The predicted molar refractivity (Wildman–Crippen MR) is 130 cm³/mol. The quantitative estimate of drug-likeness (QED) is 0.395. The molecule has 2 N–H and O–H groups in total. The number of rotatable bonds is 8. The number of amides is 1. The molecule has 1 aliphatic carbocycles. The monoisotopic (exact) mass is 472 g/mol. The van der Waals surface area contributed by atoms with Crippen LogP contribution in [0.2, 0.25) is 0 Å². The number of benzene rings is 3. The Bertz CT molecular complexity index is 1410. The maximum atomic E-state index is 13.2. The van der Waals surface area contributed by atoms with Gasteiger partial charge in [-0.25, -0.2) is 13.1 Å². The molecule has 0 bridgehead atoms. The van der Waals surface area contributed by atoms with Crippen LogP contribution >= 0.6 is 0 Å². The molecular formula is C26H24N4O3S. The van der Waals surface area contributed by atoms with Gasteiger partial charge in [-0.1, -0.05) is 54.6 Å². The molecule has 1 heterocycles. The van der Waals surface area contributed by atoms with Crippen molar-refractivity contribution in [3.63, 3.8) is 0 Å². The first-order chi connectivity index (χ1) is 16.5. The Balaban J connectivity index is 1.36. The van der Waals surface area contributed by atoms with Crippen LogP contribution < -0.4 is 10.0 Å². The van der Waals surface area contributed by atoms with Crippen LogP contribution in [0, 0.1) is 0 Å². The molecule has 0 atom stereocenters. The highest BCUT2D eigenvalue weighted by atomic mass is 32.2. The lowest BCUT2D eigenvalue weighted by Crippen LogP contribution is -2.26. The van der Waals surface area contributed by atoms with Crippen molar-refractivity contribution in [3.8, 4) is 5.69 Å². The molecule has 34 heavy (non-hydrogen) atoms. The van der Waals surface area contributed by atoms with E-state index in [-0.39, 0.29) is 17.3 Å². The average molecular weight is 473 g/mol. The van der Waals surface area contributed by atoms with Gasteiger partial charge in [-0.15, -0.1) is 0 Å². The molecule has 5 rings (SSSR count). The van der Waals surface area contributed by atoms with Crippen LogP contribution in [0.1, 0.15) is 40.5 Å². The van der Waals surface area contributed by atoms with Gasteiger partial charge in [0.05, 0.1) is 22.0 Å². The number of carbonyl (C=O) groups excluding carboxylic acids is 1. The first-order valence-electron chi connectivity index (χ1n) is 11.1. The predicted octanol–water partition coefficient (Wildman–Crippen LogP) is 4.48. The molecule has 0 unspecified atom stereocenters. The van der Waals surface area contributed by atoms with E-state index < -0.39 is 10.0 Å².